The Kier molecular flexibility index (Phi) is 2.00. The average molecular weight is 159 g/mol. The number of aryl methyl sites for hydroxylation is 2. The molecule has 1 rings (SSSR count). The fourth-order valence-corrected chi connectivity index (χ4v) is 1.17. The first-order valence-corrected chi connectivity index (χ1v) is 3.72. The van der Waals surface area contributed by atoms with E-state index in [-0.39, 0.29) is 0 Å². The molecule has 0 atom stereocenters. The molecule has 56 valence electrons. The van der Waals surface area contributed by atoms with Crippen molar-refractivity contribution in [2.75, 3.05) is 0 Å². The average Bonchev–Trinajstić information content (AvgIpc) is 2.17. The molecule has 1 aromatic heterocycles. The third kappa shape index (κ3) is 1.03. The van der Waals surface area contributed by atoms with Crippen molar-refractivity contribution < 1.29 is 0 Å². The molecular weight excluding hydrogens is 148 g/mol. The predicted octanol–water partition coefficient (Wildman–Crippen LogP) is 1.94. The first kappa shape index (κ1) is 7.61. The highest BCUT2D eigenvalue weighted by Crippen LogP contribution is 2.18. The zero-order chi connectivity index (χ0) is 7.72. The Morgan fingerprint density at radius 2 is 2.20 bits per heavy atom. The molecule has 0 N–H and O–H groups in total. The van der Waals surface area contributed by atoms with E-state index in [4.69, 9.17) is 11.6 Å². The van der Waals surface area contributed by atoms with E-state index in [1.54, 1.807) is 4.68 Å². The van der Waals surface area contributed by atoms with E-state index in [0.717, 1.165) is 22.8 Å². The van der Waals surface area contributed by atoms with E-state index >= 15 is 0 Å². The van der Waals surface area contributed by atoms with Crippen molar-refractivity contribution in [1.29, 1.82) is 0 Å². The van der Waals surface area contributed by atoms with Crippen LogP contribution in [0.2, 0.25) is 5.02 Å². The molecule has 0 aliphatic carbocycles. The van der Waals surface area contributed by atoms with Gasteiger partial charge in [-0.3, -0.25) is 4.68 Å². The molecule has 0 aromatic carbocycles. The zero-order valence-electron chi connectivity index (χ0n) is 6.48. The third-order valence-electron chi connectivity index (χ3n) is 1.66. The molecule has 0 aliphatic heterocycles. The van der Waals surface area contributed by atoms with Crippen LogP contribution in [0.15, 0.2) is 0 Å². The molecule has 1 heterocycles. The Morgan fingerprint density at radius 3 is 2.40 bits per heavy atom. The molecule has 3 heteroatoms. The van der Waals surface area contributed by atoms with Gasteiger partial charge in [0.05, 0.1) is 16.4 Å². The van der Waals surface area contributed by atoms with Crippen LogP contribution in [0.25, 0.3) is 0 Å². The first-order chi connectivity index (χ1) is 4.66. The summed E-state index contributed by atoms with van der Waals surface area (Å²) in [5, 5.41) is 5.02. The first-order valence-electron chi connectivity index (χ1n) is 3.34. The van der Waals surface area contributed by atoms with Gasteiger partial charge >= 0.3 is 0 Å². The maximum Gasteiger partial charge on any atom is 0.0846 e. The second-order valence-corrected chi connectivity index (χ2v) is 2.70. The number of nitrogens with zero attached hydrogens (tertiary/aromatic N) is 2. The standard InChI is InChI=1S/C7H11ClN2/c1-4-6-7(8)5(2)10(3)9-6/h4H2,1-3H3. The lowest BCUT2D eigenvalue weighted by Crippen LogP contribution is -1.92. The normalized spacial score (nSPS) is 10.4. The van der Waals surface area contributed by atoms with Crippen molar-refractivity contribution in [3.05, 3.63) is 16.4 Å². The third-order valence-corrected chi connectivity index (χ3v) is 2.15. The van der Waals surface area contributed by atoms with E-state index in [1.807, 2.05) is 20.9 Å². The van der Waals surface area contributed by atoms with Crippen molar-refractivity contribution in [1.82, 2.24) is 9.78 Å². The van der Waals surface area contributed by atoms with Crippen molar-refractivity contribution in [2.24, 2.45) is 7.05 Å². The smallest absolute Gasteiger partial charge is 0.0846 e. The Hall–Kier alpha value is -0.500. The number of aromatic nitrogens is 2. The van der Waals surface area contributed by atoms with Gasteiger partial charge in [-0.2, -0.15) is 5.10 Å². The minimum atomic E-state index is 0.810. The second-order valence-electron chi connectivity index (χ2n) is 2.32. The topological polar surface area (TPSA) is 17.8 Å². The molecule has 0 aliphatic rings. The van der Waals surface area contributed by atoms with Crippen molar-refractivity contribution in [3.8, 4) is 0 Å². The summed E-state index contributed by atoms with van der Waals surface area (Å²) in [5.74, 6) is 0. The van der Waals surface area contributed by atoms with Crippen LogP contribution < -0.4 is 0 Å². The Bertz CT molecular complexity index is 240. The van der Waals surface area contributed by atoms with Gasteiger partial charge in [-0.05, 0) is 13.3 Å². The molecule has 0 amide bonds. The minimum Gasteiger partial charge on any atom is -0.271 e. The molecule has 0 radical (unpaired) electrons. The molecule has 0 fully saturated rings. The van der Waals surface area contributed by atoms with Crippen molar-refractivity contribution in [2.45, 2.75) is 20.3 Å². The van der Waals surface area contributed by atoms with E-state index in [9.17, 15) is 0 Å². The number of hydrogen-bond donors (Lipinski definition) is 0. The highest BCUT2D eigenvalue weighted by atomic mass is 35.5. The molecule has 0 saturated heterocycles. The van der Waals surface area contributed by atoms with Crippen LogP contribution in [0.3, 0.4) is 0 Å². The molecule has 1 aromatic rings. The van der Waals surface area contributed by atoms with Crippen LogP contribution in [-0.2, 0) is 13.5 Å². The summed E-state index contributed by atoms with van der Waals surface area (Å²) in [7, 11) is 1.90. The van der Waals surface area contributed by atoms with Crippen LogP contribution in [0, 0.1) is 6.92 Å². The monoisotopic (exact) mass is 158 g/mol. The van der Waals surface area contributed by atoms with Crippen LogP contribution in [0.5, 0.6) is 0 Å². The predicted molar refractivity (Wildman–Crippen MR) is 42.3 cm³/mol. The molecule has 2 nitrogen and oxygen atoms in total. The lowest BCUT2D eigenvalue weighted by molar-refractivity contribution is 0.723. The molecule has 0 saturated carbocycles. The van der Waals surface area contributed by atoms with Gasteiger partial charge in [0.25, 0.3) is 0 Å². The quantitative estimate of drug-likeness (QED) is 0.611. The van der Waals surface area contributed by atoms with Crippen molar-refractivity contribution >= 4 is 11.6 Å². The zero-order valence-corrected chi connectivity index (χ0v) is 7.24. The lowest BCUT2D eigenvalue weighted by atomic mass is 10.3. The number of rotatable bonds is 1. The SMILES string of the molecule is CCc1nn(C)c(C)c1Cl. The van der Waals surface area contributed by atoms with Crippen LogP contribution >= 0.6 is 11.6 Å². The maximum atomic E-state index is 5.93. The largest absolute Gasteiger partial charge is 0.271 e. The second kappa shape index (κ2) is 2.62. The van der Waals surface area contributed by atoms with Crippen LogP contribution in [0.4, 0.5) is 0 Å². The van der Waals surface area contributed by atoms with Gasteiger partial charge in [0.1, 0.15) is 0 Å². The van der Waals surface area contributed by atoms with Gasteiger partial charge in [-0.25, -0.2) is 0 Å². The van der Waals surface area contributed by atoms with E-state index in [2.05, 4.69) is 5.10 Å². The summed E-state index contributed by atoms with van der Waals surface area (Å²) in [6.45, 7) is 4.02. The minimum absolute atomic E-state index is 0.810. The van der Waals surface area contributed by atoms with Gasteiger partial charge in [0.15, 0.2) is 0 Å². The fourth-order valence-electron chi connectivity index (χ4n) is 0.877. The molecule has 0 spiro atoms. The highest BCUT2D eigenvalue weighted by molar-refractivity contribution is 6.31. The van der Waals surface area contributed by atoms with E-state index < -0.39 is 0 Å². The van der Waals surface area contributed by atoms with Crippen LogP contribution in [0.1, 0.15) is 18.3 Å². The summed E-state index contributed by atoms with van der Waals surface area (Å²) in [6.07, 6.45) is 0.903. The summed E-state index contributed by atoms with van der Waals surface area (Å²) in [5.41, 5.74) is 2.03. The summed E-state index contributed by atoms with van der Waals surface area (Å²) >= 11 is 5.93. The summed E-state index contributed by atoms with van der Waals surface area (Å²) in [6, 6.07) is 0. The molecule has 10 heavy (non-hydrogen) atoms. The maximum absolute atomic E-state index is 5.93. The fraction of sp³-hybridized carbons (Fsp3) is 0.571. The lowest BCUT2D eigenvalue weighted by Gasteiger charge is -1.89. The van der Waals surface area contributed by atoms with Crippen molar-refractivity contribution in [3.63, 3.8) is 0 Å². The molecule has 0 bridgehead atoms. The van der Waals surface area contributed by atoms with Gasteiger partial charge in [-0.1, -0.05) is 18.5 Å². The van der Waals surface area contributed by atoms with Crippen LogP contribution in [-0.4, -0.2) is 9.78 Å². The Balaban J connectivity index is 3.17. The Morgan fingerprint density at radius 1 is 1.60 bits per heavy atom. The number of hydrogen-bond acceptors (Lipinski definition) is 1. The summed E-state index contributed by atoms with van der Waals surface area (Å²) in [4.78, 5) is 0. The molecular formula is C7H11ClN2. The molecule has 0 unspecified atom stereocenters. The van der Waals surface area contributed by atoms with Gasteiger partial charge < -0.3 is 0 Å². The van der Waals surface area contributed by atoms with E-state index in [1.165, 1.54) is 0 Å². The highest BCUT2D eigenvalue weighted by Gasteiger charge is 2.06. The Labute approximate surface area is 65.8 Å². The number of halogens is 1. The van der Waals surface area contributed by atoms with Gasteiger partial charge in [0.2, 0.25) is 0 Å². The summed E-state index contributed by atoms with van der Waals surface area (Å²) < 4.78 is 1.81. The van der Waals surface area contributed by atoms with Gasteiger partial charge in [-0.15, -0.1) is 0 Å². The van der Waals surface area contributed by atoms with E-state index in [0.29, 0.717) is 0 Å². The van der Waals surface area contributed by atoms with Gasteiger partial charge in [0, 0.05) is 7.05 Å².